The summed E-state index contributed by atoms with van der Waals surface area (Å²) < 4.78 is 5.89. The fraction of sp³-hybridized carbons (Fsp3) is 0.0476. The number of hydrazone groups is 1. The predicted octanol–water partition coefficient (Wildman–Crippen LogP) is 4.50. The molecule has 0 radical (unpaired) electrons. The van der Waals surface area contributed by atoms with Crippen molar-refractivity contribution < 1.29 is 9.66 Å². The van der Waals surface area contributed by atoms with Crippen molar-refractivity contribution in [3.8, 4) is 5.75 Å². The normalized spacial score (nSPS) is 11.0. The summed E-state index contributed by atoms with van der Waals surface area (Å²) in [5.74, 6) is 1.18. The van der Waals surface area contributed by atoms with Crippen LogP contribution < -0.4 is 10.2 Å². The second kappa shape index (κ2) is 8.22. The summed E-state index contributed by atoms with van der Waals surface area (Å²) in [5, 5.41) is 15.8. The number of aromatic nitrogens is 2. The van der Waals surface area contributed by atoms with E-state index in [1.807, 2.05) is 54.7 Å². The Hall–Kier alpha value is -4.20. The van der Waals surface area contributed by atoms with Gasteiger partial charge >= 0.3 is 0 Å². The minimum Gasteiger partial charge on any atom is -0.489 e. The van der Waals surface area contributed by atoms with Gasteiger partial charge in [-0.1, -0.05) is 30.3 Å². The summed E-state index contributed by atoms with van der Waals surface area (Å²) in [6.45, 7) is 0.494. The van der Waals surface area contributed by atoms with Crippen LogP contribution in [0.3, 0.4) is 0 Å². The fourth-order valence-electron chi connectivity index (χ4n) is 2.79. The number of nitrogens with one attached hydrogen (secondary N) is 2. The number of benzene rings is 2. The van der Waals surface area contributed by atoms with E-state index in [1.54, 1.807) is 6.21 Å². The molecule has 4 rings (SSSR count). The lowest BCUT2D eigenvalue weighted by atomic mass is 10.2. The maximum Gasteiger partial charge on any atom is 0.287 e. The van der Waals surface area contributed by atoms with Crippen LogP contribution in [0.2, 0.25) is 0 Å². The second-order valence-corrected chi connectivity index (χ2v) is 6.25. The van der Waals surface area contributed by atoms with Gasteiger partial charge in [-0.3, -0.25) is 15.5 Å². The number of hydrogen-bond donors (Lipinski definition) is 2. The van der Waals surface area contributed by atoms with E-state index in [9.17, 15) is 10.1 Å². The third-order valence-corrected chi connectivity index (χ3v) is 4.27. The molecule has 0 aliphatic rings. The molecule has 29 heavy (non-hydrogen) atoms. The monoisotopic (exact) mass is 387 g/mol. The minimum absolute atomic E-state index is 0.0702. The van der Waals surface area contributed by atoms with E-state index in [0.29, 0.717) is 12.4 Å². The second-order valence-electron chi connectivity index (χ2n) is 6.25. The maximum absolute atomic E-state index is 10.7. The van der Waals surface area contributed by atoms with Crippen molar-refractivity contribution in [1.29, 1.82) is 0 Å². The highest BCUT2D eigenvalue weighted by Crippen LogP contribution is 2.23. The highest BCUT2D eigenvalue weighted by atomic mass is 16.6. The van der Waals surface area contributed by atoms with E-state index in [2.05, 4.69) is 20.5 Å². The number of nitro groups is 1. The molecule has 0 aliphatic heterocycles. The Bertz CT molecular complexity index is 1150. The van der Waals surface area contributed by atoms with Gasteiger partial charge in [0.15, 0.2) is 0 Å². The molecule has 2 aromatic carbocycles. The van der Waals surface area contributed by atoms with Crippen LogP contribution in [0.15, 0.2) is 78.2 Å². The Morgan fingerprint density at radius 2 is 2.03 bits per heavy atom. The smallest absolute Gasteiger partial charge is 0.287 e. The van der Waals surface area contributed by atoms with Crippen LogP contribution in [-0.4, -0.2) is 21.1 Å². The van der Waals surface area contributed by atoms with Crippen molar-refractivity contribution in [3.63, 3.8) is 0 Å². The number of ether oxygens (including phenoxy) is 1. The van der Waals surface area contributed by atoms with Crippen LogP contribution >= 0.6 is 0 Å². The first kappa shape index (κ1) is 18.2. The van der Waals surface area contributed by atoms with Gasteiger partial charge in [0.05, 0.1) is 11.1 Å². The Morgan fingerprint density at radius 3 is 2.79 bits per heavy atom. The predicted molar refractivity (Wildman–Crippen MR) is 111 cm³/mol. The van der Waals surface area contributed by atoms with Crippen LogP contribution in [0, 0.1) is 10.1 Å². The van der Waals surface area contributed by atoms with E-state index >= 15 is 0 Å². The lowest BCUT2D eigenvalue weighted by Gasteiger charge is -2.06. The van der Waals surface area contributed by atoms with Crippen LogP contribution in [0.25, 0.3) is 10.9 Å². The quantitative estimate of drug-likeness (QED) is 0.276. The average Bonchev–Trinajstić information content (AvgIpc) is 3.16. The first-order valence-corrected chi connectivity index (χ1v) is 8.86. The Kier molecular flexibility index (Phi) is 5.15. The molecule has 0 saturated carbocycles. The summed E-state index contributed by atoms with van der Waals surface area (Å²) in [5.41, 5.74) is 5.64. The number of rotatable bonds is 7. The number of nitrogens with zero attached hydrogens (tertiary/aromatic N) is 3. The summed E-state index contributed by atoms with van der Waals surface area (Å²) in [6, 6.07) is 18.7. The van der Waals surface area contributed by atoms with E-state index in [1.165, 1.54) is 18.3 Å². The first-order chi connectivity index (χ1) is 14.2. The van der Waals surface area contributed by atoms with Crippen LogP contribution in [0.4, 0.5) is 11.5 Å². The largest absolute Gasteiger partial charge is 0.489 e. The molecule has 144 valence electrons. The first-order valence-electron chi connectivity index (χ1n) is 8.86. The number of anilines is 1. The Labute approximate surface area is 166 Å². The number of H-pyrrole nitrogens is 1. The van der Waals surface area contributed by atoms with Crippen molar-refractivity contribution in [2.45, 2.75) is 6.61 Å². The molecule has 0 atom stereocenters. The summed E-state index contributed by atoms with van der Waals surface area (Å²) in [7, 11) is 0. The molecule has 4 aromatic rings. The lowest BCUT2D eigenvalue weighted by molar-refractivity contribution is -0.385. The molecule has 2 N–H and O–H groups in total. The molecular weight excluding hydrogens is 370 g/mol. The van der Waals surface area contributed by atoms with Crippen molar-refractivity contribution in [3.05, 3.63) is 94.3 Å². The Balaban J connectivity index is 1.45. The van der Waals surface area contributed by atoms with Gasteiger partial charge in [0.2, 0.25) is 0 Å². The van der Waals surface area contributed by atoms with Crippen LogP contribution in [0.1, 0.15) is 11.1 Å². The molecule has 0 aliphatic carbocycles. The minimum atomic E-state index is -0.497. The summed E-state index contributed by atoms with van der Waals surface area (Å²) >= 11 is 0. The zero-order valence-electron chi connectivity index (χ0n) is 15.3. The maximum atomic E-state index is 10.7. The summed E-state index contributed by atoms with van der Waals surface area (Å²) in [4.78, 5) is 17.3. The van der Waals surface area contributed by atoms with Gasteiger partial charge < -0.3 is 9.72 Å². The van der Waals surface area contributed by atoms with Gasteiger partial charge in [0, 0.05) is 28.7 Å². The van der Waals surface area contributed by atoms with Crippen LogP contribution in [0.5, 0.6) is 5.75 Å². The molecule has 8 heteroatoms. The molecule has 2 heterocycles. The van der Waals surface area contributed by atoms with Gasteiger partial charge in [-0.15, -0.1) is 0 Å². The van der Waals surface area contributed by atoms with Crippen molar-refractivity contribution in [2.75, 3.05) is 5.43 Å². The van der Waals surface area contributed by atoms with Crippen molar-refractivity contribution in [2.24, 2.45) is 5.10 Å². The average molecular weight is 387 g/mol. The number of hydrogen-bond acceptors (Lipinski definition) is 6. The van der Waals surface area contributed by atoms with Crippen LogP contribution in [-0.2, 0) is 6.61 Å². The molecule has 0 spiro atoms. The standard InChI is InChI=1S/C21H17N5O3/c27-26(28)17-6-9-21(23-13-17)25-24-12-16-11-22-20-8-7-18(10-19(16)20)29-14-15-4-2-1-3-5-15/h1-13,22H,14H2,(H,23,25). The van der Waals surface area contributed by atoms with Gasteiger partial charge in [-0.05, 0) is 29.8 Å². The Morgan fingerprint density at radius 1 is 1.17 bits per heavy atom. The number of fused-ring (bicyclic) bond motifs is 1. The highest BCUT2D eigenvalue weighted by Gasteiger charge is 2.06. The fourth-order valence-corrected chi connectivity index (χ4v) is 2.79. The molecule has 2 aromatic heterocycles. The van der Waals surface area contributed by atoms with E-state index in [4.69, 9.17) is 4.74 Å². The van der Waals surface area contributed by atoms with E-state index in [0.717, 1.165) is 27.8 Å². The van der Waals surface area contributed by atoms with Crippen molar-refractivity contribution >= 4 is 28.6 Å². The van der Waals surface area contributed by atoms with Gasteiger partial charge in [-0.2, -0.15) is 5.10 Å². The molecule has 0 fully saturated rings. The number of pyridine rings is 1. The zero-order chi connectivity index (χ0) is 20.1. The molecule has 0 saturated heterocycles. The lowest BCUT2D eigenvalue weighted by Crippen LogP contribution is -1.95. The molecule has 0 bridgehead atoms. The van der Waals surface area contributed by atoms with Gasteiger partial charge in [0.1, 0.15) is 24.4 Å². The van der Waals surface area contributed by atoms with Gasteiger partial charge in [0.25, 0.3) is 5.69 Å². The van der Waals surface area contributed by atoms with Gasteiger partial charge in [-0.25, -0.2) is 4.98 Å². The SMILES string of the molecule is O=[N+]([O-])c1ccc(NN=Cc2c[nH]c3ccc(OCc4ccccc4)cc23)nc1. The topological polar surface area (TPSA) is 105 Å². The van der Waals surface area contributed by atoms with E-state index in [-0.39, 0.29) is 5.69 Å². The third kappa shape index (κ3) is 4.38. The third-order valence-electron chi connectivity index (χ3n) is 4.27. The summed E-state index contributed by atoms with van der Waals surface area (Å²) in [6.07, 6.45) is 4.68. The molecular formula is C21H17N5O3. The highest BCUT2D eigenvalue weighted by molar-refractivity contribution is 5.99. The molecule has 0 amide bonds. The molecule has 0 unspecified atom stereocenters. The zero-order valence-corrected chi connectivity index (χ0v) is 15.3. The molecule has 8 nitrogen and oxygen atoms in total. The van der Waals surface area contributed by atoms with E-state index < -0.39 is 4.92 Å². The number of aromatic amines is 1. The van der Waals surface area contributed by atoms with Crippen molar-refractivity contribution in [1.82, 2.24) is 9.97 Å².